The van der Waals surface area contributed by atoms with Gasteiger partial charge < -0.3 is 10.4 Å². The van der Waals surface area contributed by atoms with Crippen LogP contribution in [0.25, 0.3) is 0 Å². The standard InChI is InChI=1S/C23H23NO2/c25-23(26)21-15-6-4-11-19(21)13-8-14-20-12-5-7-16-22(20)24-17-18-9-2-1-3-10-18/h1-7,9-12,15-16,24H,8,13-14,17H2,(H,25,26). The molecular weight excluding hydrogens is 322 g/mol. The number of carboxylic acid groups (broad SMARTS) is 1. The van der Waals surface area contributed by atoms with Crippen molar-refractivity contribution in [2.75, 3.05) is 5.32 Å². The lowest BCUT2D eigenvalue weighted by molar-refractivity contribution is 0.0695. The van der Waals surface area contributed by atoms with Gasteiger partial charge in [-0.2, -0.15) is 0 Å². The Balaban J connectivity index is 1.61. The number of rotatable bonds is 8. The van der Waals surface area contributed by atoms with Gasteiger partial charge in [0, 0.05) is 12.2 Å². The molecule has 0 unspecified atom stereocenters. The molecule has 0 bridgehead atoms. The van der Waals surface area contributed by atoms with E-state index in [0.717, 1.165) is 37.1 Å². The third-order valence-corrected chi connectivity index (χ3v) is 4.48. The Kier molecular flexibility index (Phi) is 6.05. The van der Waals surface area contributed by atoms with Crippen molar-refractivity contribution in [1.29, 1.82) is 0 Å². The number of aryl methyl sites for hydroxylation is 2. The van der Waals surface area contributed by atoms with Crippen molar-refractivity contribution in [2.24, 2.45) is 0 Å². The van der Waals surface area contributed by atoms with E-state index in [4.69, 9.17) is 0 Å². The average molecular weight is 345 g/mol. The molecule has 0 amide bonds. The molecule has 0 saturated heterocycles. The van der Waals surface area contributed by atoms with Gasteiger partial charge in [-0.25, -0.2) is 4.79 Å². The molecule has 0 aliphatic carbocycles. The summed E-state index contributed by atoms with van der Waals surface area (Å²) in [6, 6.07) is 25.9. The SMILES string of the molecule is O=C(O)c1ccccc1CCCc1ccccc1NCc1ccccc1. The highest BCUT2D eigenvalue weighted by Crippen LogP contribution is 2.20. The summed E-state index contributed by atoms with van der Waals surface area (Å²) >= 11 is 0. The predicted molar refractivity (Wildman–Crippen MR) is 106 cm³/mol. The van der Waals surface area contributed by atoms with Crippen molar-refractivity contribution in [3.63, 3.8) is 0 Å². The minimum atomic E-state index is -0.856. The topological polar surface area (TPSA) is 49.3 Å². The van der Waals surface area contributed by atoms with Gasteiger partial charge in [-0.05, 0) is 48.1 Å². The van der Waals surface area contributed by atoms with Crippen LogP contribution in [0.4, 0.5) is 5.69 Å². The van der Waals surface area contributed by atoms with Crippen LogP contribution in [0.2, 0.25) is 0 Å². The summed E-state index contributed by atoms with van der Waals surface area (Å²) in [6.45, 7) is 0.791. The van der Waals surface area contributed by atoms with Crippen LogP contribution in [0.15, 0.2) is 78.9 Å². The minimum absolute atomic E-state index is 0.406. The predicted octanol–water partition coefficient (Wildman–Crippen LogP) is 5.17. The van der Waals surface area contributed by atoms with Crippen LogP contribution in [0.3, 0.4) is 0 Å². The third-order valence-electron chi connectivity index (χ3n) is 4.48. The first-order chi connectivity index (χ1) is 12.7. The van der Waals surface area contributed by atoms with E-state index >= 15 is 0 Å². The first-order valence-electron chi connectivity index (χ1n) is 8.91. The third kappa shape index (κ3) is 4.73. The lowest BCUT2D eigenvalue weighted by Gasteiger charge is -2.12. The number of aromatic carboxylic acids is 1. The van der Waals surface area contributed by atoms with Gasteiger partial charge in [0.25, 0.3) is 0 Å². The number of benzene rings is 3. The molecule has 0 aliphatic rings. The molecule has 0 aromatic heterocycles. The van der Waals surface area contributed by atoms with Crippen LogP contribution in [-0.2, 0) is 19.4 Å². The molecule has 0 heterocycles. The zero-order chi connectivity index (χ0) is 18.2. The van der Waals surface area contributed by atoms with Gasteiger partial charge in [0.05, 0.1) is 5.56 Å². The maximum absolute atomic E-state index is 11.3. The zero-order valence-corrected chi connectivity index (χ0v) is 14.7. The van der Waals surface area contributed by atoms with E-state index in [1.807, 2.05) is 42.5 Å². The first-order valence-corrected chi connectivity index (χ1v) is 8.91. The van der Waals surface area contributed by atoms with E-state index in [9.17, 15) is 9.90 Å². The van der Waals surface area contributed by atoms with Gasteiger partial charge >= 0.3 is 5.97 Å². The molecule has 0 aliphatic heterocycles. The second-order valence-electron chi connectivity index (χ2n) is 6.31. The monoisotopic (exact) mass is 345 g/mol. The Labute approximate surface area is 154 Å². The molecule has 2 N–H and O–H groups in total. The van der Waals surface area contributed by atoms with Gasteiger partial charge in [-0.1, -0.05) is 66.7 Å². The summed E-state index contributed by atoms with van der Waals surface area (Å²) in [5, 5.41) is 12.8. The van der Waals surface area contributed by atoms with E-state index < -0.39 is 5.97 Å². The summed E-state index contributed by atoms with van der Waals surface area (Å²) in [7, 11) is 0. The summed E-state index contributed by atoms with van der Waals surface area (Å²) in [4.78, 5) is 11.3. The highest BCUT2D eigenvalue weighted by atomic mass is 16.4. The number of hydrogen-bond donors (Lipinski definition) is 2. The number of carbonyl (C=O) groups is 1. The molecule has 3 aromatic rings. The zero-order valence-electron chi connectivity index (χ0n) is 14.7. The molecule has 0 atom stereocenters. The molecule has 0 spiro atoms. The largest absolute Gasteiger partial charge is 0.478 e. The van der Waals surface area contributed by atoms with Gasteiger partial charge in [-0.15, -0.1) is 0 Å². The van der Waals surface area contributed by atoms with Crippen LogP contribution in [0, 0.1) is 0 Å². The molecule has 3 aromatic carbocycles. The smallest absolute Gasteiger partial charge is 0.335 e. The fourth-order valence-corrected chi connectivity index (χ4v) is 3.12. The fourth-order valence-electron chi connectivity index (χ4n) is 3.12. The van der Waals surface area contributed by atoms with E-state index in [0.29, 0.717) is 5.56 Å². The Bertz CT molecular complexity index is 859. The maximum Gasteiger partial charge on any atom is 0.335 e. The van der Waals surface area contributed by atoms with Crippen LogP contribution >= 0.6 is 0 Å². The molecule has 3 heteroatoms. The molecule has 3 nitrogen and oxygen atoms in total. The highest BCUT2D eigenvalue weighted by molar-refractivity contribution is 5.89. The Morgan fingerprint density at radius 1 is 0.769 bits per heavy atom. The lowest BCUT2D eigenvalue weighted by Crippen LogP contribution is -2.04. The van der Waals surface area contributed by atoms with Crippen molar-refractivity contribution >= 4 is 11.7 Å². The second kappa shape index (κ2) is 8.86. The number of hydrogen-bond acceptors (Lipinski definition) is 2. The molecule has 26 heavy (non-hydrogen) atoms. The molecule has 0 radical (unpaired) electrons. The number of anilines is 1. The van der Waals surface area contributed by atoms with E-state index in [2.05, 4.69) is 29.6 Å². The van der Waals surface area contributed by atoms with E-state index in [1.165, 1.54) is 11.1 Å². The van der Waals surface area contributed by atoms with Crippen LogP contribution in [-0.4, -0.2) is 11.1 Å². The van der Waals surface area contributed by atoms with E-state index in [-0.39, 0.29) is 0 Å². The van der Waals surface area contributed by atoms with Crippen LogP contribution in [0.1, 0.15) is 33.5 Å². The van der Waals surface area contributed by atoms with Crippen molar-refractivity contribution in [3.8, 4) is 0 Å². The Hall–Kier alpha value is -3.07. The first kappa shape index (κ1) is 17.7. The molecule has 0 saturated carbocycles. The van der Waals surface area contributed by atoms with Crippen molar-refractivity contribution < 1.29 is 9.90 Å². The van der Waals surface area contributed by atoms with E-state index in [1.54, 1.807) is 12.1 Å². The summed E-state index contributed by atoms with van der Waals surface area (Å²) < 4.78 is 0. The molecule has 0 fully saturated rings. The van der Waals surface area contributed by atoms with Gasteiger partial charge in [-0.3, -0.25) is 0 Å². The highest BCUT2D eigenvalue weighted by Gasteiger charge is 2.09. The maximum atomic E-state index is 11.3. The average Bonchev–Trinajstić information content (AvgIpc) is 2.68. The summed E-state index contributed by atoms with van der Waals surface area (Å²) in [5.41, 5.74) is 4.95. The molecular formula is C23H23NO2. The van der Waals surface area contributed by atoms with Gasteiger partial charge in [0.1, 0.15) is 0 Å². The summed E-state index contributed by atoms with van der Waals surface area (Å²) in [6.07, 6.45) is 2.58. The lowest BCUT2D eigenvalue weighted by atomic mass is 9.99. The molecule has 3 rings (SSSR count). The van der Waals surface area contributed by atoms with Crippen molar-refractivity contribution in [2.45, 2.75) is 25.8 Å². The fraction of sp³-hybridized carbons (Fsp3) is 0.174. The number of carboxylic acids is 1. The van der Waals surface area contributed by atoms with Crippen molar-refractivity contribution in [1.82, 2.24) is 0 Å². The Morgan fingerprint density at radius 2 is 1.38 bits per heavy atom. The molecule has 132 valence electrons. The summed E-state index contributed by atoms with van der Waals surface area (Å²) in [5.74, 6) is -0.856. The van der Waals surface area contributed by atoms with Gasteiger partial charge in [0.15, 0.2) is 0 Å². The second-order valence-corrected chi connectivity index (χ2v) is 6.31. The van der Waals surface area contributed by atoms with Crippen LogP contribution in [0.5, 0.6) is 0 Å². The number of para-hydroxylation sites is 1. The quantitative estimate of drug-likeness (QED) is 0.592. The minimum Gasteiger partial charge on any atom is -0.478 e. The normalized spacial score (nSPS) is 10.5. The van der Waals surface area contributed by atoms with Crippen LogP contribution < -0.4 is 5.32 Å². The Morgan fingerprint density at radius 3 is 2.15 bits per heavy atom. The van der Waals surface area contributed by atoms with Crippen molar-refractivity contribution in [3.05, 3.63) is 101 Å². The van der Waals surface area contributed by atoms with Gasteiger partial charge in [0.2, 0.25) is 0 Å². The number of nitrogens with one attached hydrogen (secondary N) is 1.